The van der Waals surface area contributed by atoms with Crippen molar-refractivity contribution in [2.75, 3.05) is 26.2 Å². The molecule has 174 valence electrons. The minimum absolute atomic E-state index is 0.122. The van der Waals surface area contributed by atoms with Crippen LogP contribution in [-0.4, -0.2) is 69.2 Å². The predicted molar refractivity (Wildman–Crippen MR) is 124 cm³/mol. The standard InChI is InChI=1S/C24H30N6O3/c31-21(32)15-20(23-27-18-7-1-2-8-19(18)28-23)30-14-13-29(24(30)33)12-4-6-17-10-9-16-5-3-11-25-22(16)26-17/h1-2,7-10,20,22,25-26H,3-6,11-15H2,(H,27,28)(H,31,32). The number of dihydropyridines is 1. The van der Waals surface area contributed by atoms with Crippen molar-refractivity contribution in [1.82, 2.24) is 30.4 Å². The van der Waals surface area contributed by atoms with Crippen LogP contribution in [0, 0.1) is 0 Å². The quantitative estimate of drug-likeness (QED) is 0.492. The van der Waals surface area contributed by atoms with Gasteiger partial charge in [0.25, 0.3) is 0 Å². The molecule has 2 aromatic rings. The van der Waals surface area contributed by atoms with Gasteiger partial charge in [-0.1, -0.05) is 18.2 Å². The fourth-order valence-corrected chi connectivity index (χ4v) is 4.94. The molecule has 0 spiro atoms. The number of para-hydroxylation sites is 2. The molecule has 4 N–H and O–H groups in total. The summed E-state index contributed by atoms with van der Waals surface area (Å²) in [6.45, 7) is 2.76. The highest BCUT2D eigenvalue weighted by molar-refractivity contribution is 5.79. The number of nitrogens with one attached hydrogen (secondary N) is 3. The molecule has 3 aliphatic heterocycles. The zero-order valence-electron chi connectivity index (χ0n) is 18.6. The lowest BCUT2D eigenvalue weighted by Gasteiger charge is -2.32. The van der Waals surface area contributed by atoms with Gasteiger partial charge in [-0.05, 0) is 56.0 Å². The Morgan fingerprint density at radius 3 is 2.97 bits per heavy atom. The van der Waals surface area contributed by atoms with Crippen molar-refractivity contribution in [2.45, 2.75) is 44.3 Å². The molecule has 0 radical (unpaired) electrons. The number of piperidine rings is 1. The monoisotopic (exact) mass is 450 g/mol. The Bertz CT molecular complexity index is 1070. The molecule has 9 nitrogen and oxygen atoms in total. The van der Waals surface area contributed by atoms with Gasteiger partial charge in [0, 0.05) is 25.3 Å². The first kappa shape index (κ1) is 21.5. The normalized spacial score (nSPS) is 21.5. The van der Waals surface area contributed by atoms with Crippen LogP contribution in [0.4, 0.5) is 4.79 Å². The van der Waals surface area contributed by atoms with Gasteiger partial charge in [-0.25, -0.2) is 9.78 Å². The number of carboxylic acids is 1. The van der Waals surface area contributed by atoms with Crippen molar-refractivity contribution in [3.05, 3.63) is 53.5 Å². The van der Waals surface area contributed by atoms with Crippen LogP contribution in [0.15, 0.2) is 47.7 Å². The fourth-order valence-electron chi connectivity index (χ4n) is 4.94. The Labute approximate surface area is 192 Å². The van der Waals surface area contributed by atoms with Crippen LogP contribution in [-0.2, 0) is 4.79 Å². The zero-order chi connectivity index (χ0) is 22.8. The number of carbonyl (C=O) groups excluding carboxylic acids is 1. The zero-order valence-corrected chi connectivity index (χ0v) is 18.6. The number of rotatable bonds is 8. The maximum absolute atomic E-state index is 13.2. The summed E-state index contributed by atoms with van der Waals surface area (Å²) in [6, 6.07) is 6.83. The number of aromatic nitrogens is 2. The van der Waals surface area contributed by atoms with Gasteiger partial charge in [-0.2, -0.15) is 0 Å². The number of urea groups is 1. The summed E-state index contributed by atoms with van der Waals surface area (Å²) in [7, 11) is 0. The molecule has 3 aliphatic rings. The Morgan fingerprint density at radius 1 is 1.24 bits per heavy atom. The highest BCUT2D eigenvalue weighted by Gasteiger charge is 2.36. The smallest absolute Gasteiger partial charge is 0.320 e. The molecule has 1 aromatic heterocycles. The third kappa shape index (κ3) is 4.59. The molecule has 2 unspecified atom stereocenters. The van der Waals surface area contributed by atoms with Crippen molar-refractivity contribution in [3.8, 4) is 0 Å². The second-order valence-corrected chi connectivity index (χ2v) is 8.89. The third-order valence-electron chi connectivity index (χ3n) is 6.66. The summed E-state index contributed by atoms with van der Waals surface area (Å²) in [5.74, 6) is -0.432. The fraction of sp³-hybridized carbons (Fsp3) is 0.458. The molecule has 0 saturated carbocycles. The largest absolute Gasteiger partial charge is 0.481 e. The lowest BCUT2D eigenvalue weighted by Crippen LogP contribution is -2.47. The van der Waals surface area contributed by atoms with Crippen LogP contribution < -0.4 is 10.6 Å². The van der Waals surface area contributed by atoms with E-state index in [2.05, 4.69) is 32.8 Å². The number of aromatic amines is 1. The number of H-pyrrole nitrogens is 1. The van der Waals surface area contributed by atoms with Crippen molar-refractivity contribution in [1.29, 1.82) is 0 Å². The minimum atomic E-state index is -0.953. The molecule has 1 aromatic carbocycles. The summed E-state index contributed by atoms with van der Waals surface area (Å²) in [4.78, 5) is 36.0. The summed E-state index contributed by atoms with van der Waals surface area (Å²) in [5, 5.41) is 16.5. The third-order valence-corrected chi connectivity index (χ3v) is 6.66. The van der Waals surface area contributed by atoms with Crippen molar-refractivity contribution < 1.29 is 14.7 Å². The van der Waals surface area contributed by atoms with Crippen LogP contribution >= 0.6 is 0 Å². The Balaban J connectivity index is 1.21. The van der Waals surface area contributed by atoms with E-state index in [1.807, 2.05) is 29.2 Å². The number of aliphatic carboxylic acids is 1. The minimum Gasteiger partial charge on any atom is -0.481 e. The van der Waals surface area contributed by atoms with E-state index in [1.54, 1.807) is 4.90 Å². The number of nitrogens with zero attached hydrogens (tertiary/aromatic N) is 3. The summed E-state index contributed by atoms with van der Waals surface area (Å²) < 4.78 is 0. The van der Waals surface area contributed by atoms with Crippen LogP contribution in [0.25, 0.3) is 11.0 Å². The van der Waals surface area contributed by atoms with Crippen molar-refractivity contribution >= 4 is 23.0 Å². The van der Waals surface area contributed by atoms with Crippen LogP contribution in [0.5, 0.6) is 0 Å². The van der Waals surface area contributed by atoms with Crippen molar-refractivity contribution in [2.24, 2.45) is 0 Å². The van der Waals surface area contributed by atoms with Crippen molar-refractivity contribution in [3.63, 3.8) is 0 Å². The first-order valence-corrected chi connectivity index (χ1v) is 11.7. The number of allylic oxidation sites excluding steroid dienone is 3. The molecule has 9 heteroatoms. The van der Waals surface area contributed by atoms with Gasteiger partial charge in [0.15, 0.2) is 0 Å². The van der Waals surface area contributed by atoms with Crippen LogP contribution in [0.2, 0.25) is 0 Å². The number of imidazole rings is 1. The SMILES string of the molecule is O=C(O)CC(c1nc2ccccc2[nH]1)N1CCN(CCCC2=CC=C3CCCNC3N2)C1=O. The lowest BCUT2D eigenvalue weighted by atomic mass is 9.99. The van der Waals surface area contributed by atoms with Gasteiger partial charge in [-0.3, -0.25) is 10.1 Å². The van der Waals surface area contributed by atoms with Gasteiger partial charge < -0.3 is 25.2 Å². The first-order chi connectivity index (χ1) is 16.1. The highest BCUT2D eigenvalue weighted by Crippen LogP contribution is 2.28. The Kier molecular flexibility index (Phi) is 6.04. The van der Waals surface area contributed by atoms with E-state index in [0.717, 1.165) is 36.8 Å². The average molecular weight is 451 g/mol. The molecule has 4 heterocycles. The van der Waals surface area contributed by atoms with Crippen LogP contribution in [0.1, 0.15) is 44.0 Å². The molecule has 33 heavy (non-hydrogen) atoms. The molecule has 5 rings (SSSR count). The van der Waals surface area contributed by atoms with Gasteiger partial charge in [-0.15, -0.1) is 0 Å². The second kappa shape index (κ2) is 9.27. The van der Waals surface area contributed by atoms with E-state index in [4.69, 9.17) is 0 Å². The number of carbonyl (C=O) groups is 2. The maximum atomic E-state index is 13.2. The summed E-state index contributed by atoms with van der Waals surface area (Å²) in [5.41, 5.74) is 4.20. The number of hydrogen-bond acceptors (Lipinski definition) is 5. The average Bonchev–Trinajstić information content (AvgIpc) is 3.41. The molecule has 2 saturated heterocycles. The molecule has 2 fully saturated rings. The molecular weight excluding hydrogens is 420 g/mol. The lowest BCUT2D eigenvalue weighted by molar-refractivity contribution is -0.138. The number of benzene rings is 1. The molecule has 2 atom stereocenters. The van der Waals surface area contributed by atoms with Crippen LogP contribution in [0.3, 0.4) is 0 Å². The topological polar surface area (TPSA) is 114 Å². The van der Waals surface area contributed by atoms with Gasteiger partial charge in [0.1, 0.15) is 11.9 Å². The summed E-state index contributed by atoms with van der Waals surface area (Å²) >= 11 is 0. The van der Waals surface area contributed by atoms with E-state index in [-0.39, 0.29) is 18.6 Å². The van der Waals surface area contributed by atoms with Gasteiger partial charge in [0.2, 0.25) is 0 Å². The summed E-state index contributed by atoms with van der Waals surface area (Å²) in [6.07, 6.45) is 8.46. The number of carboxylic acid groups (broad SMARTS) is 1. The Morgan fingerprint density at radius 2 is 2.12 bits per heavy atom. The Hall–Kier alpha value is -3.33. The molecular formula is C24H30N6O3. The molecule has 2 amide bonds. The van der Waals surface area contributed by atoms with E-state index in [0.29, 0.717) is 25.5 Å². The first-order valence-electron chi connectivity index (χ1n) is 11.7. The maximum Gasteiger partial charge on any atom is 0.320 e. The number of amides is 2. The van der Waals surface area contributed by atoms with Gasteiger partial charge >= 0.3 is 12.0 Å². The molecule has 0 bridgehead atoms. The van der Waals surface area contributed by atoms with E-state index in [1.165, 1.54) is 17.7 Å². The molecule has 0 aliphatic carbocycles. The number of fused-ring (bicyclic) bond motifs is 2. The second-order valence-electron chi connectivity index (χ2n) is 8.89. The predicted octanol–water partition coefficient (Wildman–Crippen LogP) is 2.72. The van der Waals surface area contributed by atoms with E-state index < -0.39 is 12.0 Å². The highest BCUT2D eigenvalue weighted by atomic mass is 16.4. The van der Waals surface area contributed by atoms with E-state index in [9.17, 15) is 14.7 Å². The van der Waals surface area contributed by atoms with Gasteiger partial charge in [0.05, 0.1) is 23.6 Å². The number of hydrogen-bond donors (Lipinski definition) is 4. The van der Waals surface area contributed by atoms with E-state index >= 15 is 0 Å².